The van der Waals surface area contributed by atoms with Gasteiger partial charge in [0.2, 0.25) is 6.04 Å². The third kappa shape index (κ3) is 7.47. The average molecular weight is 526 g/mol. The summed E-state index contributed by atoms with van der Waals surface area (Å²) in [4.78, 5) is 25.2. The van der Waals surface area contributed by atoms with E-state index < -0.39 is 17.7 Å². The molecule has 0 fully saturated rings. The lowest BCUT2D eigenvalue weighted by Gasteiger charge is -2.16. The third-order valence-electron chi connectivity index (χ3n) is 4.43. The molecule has 1 amide bonds. The van der Waals surface area contributed by atoms with Gasteiger partial charge in [0.15, 0.2) is 17.3 Å². The Morgan fingerprint density at radius 3 is 2.14 bits per heavy atom. The van der Waals surface area contributed by atoms with Crippen LogP contribution in [0.1, 0.15) is 34.6 Å². The lowest BCUT2D eigenvalue weighted by molar-refractivity contribution is -0.126. The standard InChI is InChI=1S/C24H29Cl2N3O6/c1-6-32-15-12-16(25)22(19(13-15)34-8-3)27-24(31)21(14(5)30)29-28-17-10-11-18(33-7-2)23(20(17)26)35-9-4/h10-13,21H,6-9H2,1-5H3,(H,27,31). The van der Waals surface area contributed by atoms with Crippen molar-refractivity contribution in [1.82, 2.24) is 0 Å². The van der Waals surface area contributed by atoms with Crippen LogP contribution in [-0.4, -0.2) is 44.2 Å². The van der Waals surface area contributed by atoms with Gasteiger partial charge in [-0.2, -0.15) is 10.2 Å². The van der Waals surface area contributed by atoms with E-state index in [2.05, 4.69) is 15.5 Å². The summed E-state index contributed by atoms with van der Waals surface area (Å²) in [6, 6.07) is 4.89. The van der Waals surface area contributed by atoms with E-state index in [1.54, 1.807) is 38.1 Å². The Morgan fingerprint density at radius 1 is 0.914 bits per heavy atom. The highest BCUT2D eigenvalue weighted by atomic mass is 35.5. The van der Waals surface area contributed by atoms with Crippen molar-refractivity contribution in [3.63, 3.8) is 0 Å². The molecule has 0 saturated carbocycles. The Labute approximate surface area is 214 Å². The van der Waals surface area contributed by atoms with Crippen LogP contribution in [-0.2, 0) is 9.59 Å². The summed E-state index contributed by atoms with van der Waals surface area (Å²) in [5.41, 5.74) is 0.410. The number of amides is 1. The van der Waals surface area contributed by atoms with Crippen molar-refractivity contribution in [1.29, 1.82) is 0 Å². The quantitative estimate of drug-likeness (QED) is 0.244. The van der Waals surface area contributed by atoms with Gasteiger partial charge in [-0.15, -0.1) is 0 Å². The number of anilines is 1. The van der Waals surface area contributed by atoms with E-state index in [1.807, 2.05) is 13.8 Å². The van der Waals surface area contributed by atoms with Crippen LogP contribution in [0.15, 0.2) is 34.5 Å². The molecule has 0 aliphatic carbocycles. The predicted molar refractivity (Wildman–Crippen MR) is 135 cm³/mol. The second-order valence-corrected chi connectivity index (χ2v) is 7.74. The van der Waals surface area contributed by atoms with Crippen molar-refractivity contribution >= 4 is 46.3 Å². The van der Waals surface area contributed by atoms with Gasteiger partial charge < -0.3 is 24.3 Å². The van der Waals surface area contributed by atoms with Crippen LogP contribution in [0.3, 0.4) is 0 Å². The monoisotopic (exact) mass is 525 g/mol. The number of rotatable bonds is 13. The van der Waals surface area contributed by atoms with Gasteiger partial charge in [0, 0.05) is 12.1 Å². The Balaban J connectivity index is 2.35. The molecular weight excluding hydrogens is 497 g/mol. The van der Waals surface area contributed by atoms with Crippen LogP contribution in [0.2, 0.25) is 10.0 Å². The van der Waals surface area contributed by atoms with Crippen LogP contribution < -0.4 is 24.3 Å². The van der Waals surface area contributed by atoms with E-state index in [4.69, 9.17) is 42.1 Å². The molecule has 1 unspecified atom stereocenters. The van der Waals surface area contributed by atoms with Gasteiger partial charge in [0.05, 0.1) is 31.5 Å². The first-order chi connectivity index (χ1) is 16.8. The summed E-state index contributed by atoms with van der Waals surface area (Å²) in [5.74, 6) is 0.272. The molecule has 0 aliphatic rings. The number of benzene rings is 2. The maximum atomic E-state index is 13.0. The number of hydrogen-bond donors (Lipinski definition) is 1. The molecule has 0 saturated heterocycles. The minimum Gasteiger partial charge on any atom is -0.494 e. The summed E-state index contributed by atoms with van der Waals surface area (Å²) in [6.07, 6.45) is 0. The fourth-order valence-corrected chi connectivity index (χ4v) is 3.48. The normalized spacial score (nSPS) is 11.7. The summed E-state index contributed by atoms with van der Waals surface area (Å²) < 4.78 is 22.2. The highest BCUT2D eigenvalue weighted by Gasteiger charge is 2.26. The molecule has 0 aliphatic heterocycles. The van der Waals surface area contributed by atoms with E-state index >= 15 is 0 Å². The first-order valence-electron chi connectivity index (χ1n) is 11.2. The molecule has 2 rings (SSSR count). The molecule has 0 radical (unpaired) electrons. The molecule has 9 nitrogen and oxygen atoms in total. The fraction of sp³-hybridized carbons (Fsp3) is 0.417. The zero-order chi connectivity index (χ0) is 26.0. The van der Waals surface area contributed by atoms with Crippen LogP contribution in [0, 0.1) is 0 Å². The molecule has 0 bridgehead atoms. The Bertz CT molecular complexity index is 1080. The van der Waals surface area contributed by atoms with Gasteiger partial charge >= 0.3 is 0 Å². The summed E-state index contributed by atoms with van der Waals surface area (Å²) >= 11 is 12.8. The van der Waals surface area contributed by atoms with Gasteiger partial charge in [-0.1, -0.05) is 23.2 Å². The summed E-state index contributed by atoms with van der Waals surface area (Å²) in [7, 11) is 0. The SMILES string of the molecule is CCOc1cc(Cl)c(NC(=O)C(N=Nc2ccc(OCC)c(OCC)c2Cl)C(C)=O)c(OCC)c1. The second-order valence-electron chi connectivity index (χ2n) is 6.95. The zero-order valence-electron chi connectivity index (χ0n) is 20.3. The van der Waals surface area contributed by atoms with E-state index in [9.17, 15) is 9.59 Å². The molecule has 0 spiro atoms. The van der Waals surface area contributed by atoms with Crippen LogP contribution in [0.25, 0.3) is 0 Å². The van der Waals surface area contributed by atoms with Crippen molar-refractivity contribution in [3.8, 4) is 23.0 Å². The van der Waals surface area contributed by atoms with Crippen molar-refractivity contribution < 1.29 is 28.5 Å². The van der Waals surface area contributed by atoms with E-state index in [-0.39, 0.29) is 21.4 Å². The number of ketones is 1. The molecule has 11 heteroatoms. The van der Waals surface area contributed by atoms with Crippen LogP contribution >= 0.6 is 23.2 Å². The number of Topliss-reactive ketones (excluding diaryl/α,β-unsaturated/α-hetero) is 1. The second kappa shape index (κ2) is 13.7. The predicted octanol–water partition coefficient (Wildman–Crippen LogP) is 6.27. The summed E-state index contributed by atoms with van der Waals surface area (Å²) in [6.45, 7) is 10.0. The van der Waals surface area contributed by atoms with Gasteiger partial charge in [-0.05, 0) is 46.8 Å². The number of carbonyl (C=O) groups is 2. The van der Waals surface area contributed by atoms with Crippen LogP contribution in [0.5, 0.6) is 23.0 Å². The molecule has 190 valence electrons. The average Bonchev–Trinajstić information content (AvgIpc) is 2.80. The van der Waals surface area contributed by atoms with E-state index in [0.29, 0.717) is 49.4 Å². The number of ether oxygens (including phenoxy) is 4. The molecule has 1 atom stereocenters. The van der Waals surface area contributed by atoms with Crippen molar-refractivity contribution in [2.45, 2.75) is 40.7 Å². The van der Waals surface area contributed by atoms with Crippen molar-refractivity contribution in [3.05, 3.63) is 34.3 Å². The Hall–Kier alpha value is -3.04. The van der Waals surface area contributed by atoms with Crippen molar-refractivity contribution in [2.75, 3.05) is 31.7 Å². The largest absolute Gasteiger partial charge is 0.494 e. The van der Waals surface area contributed by atoms with E-state index in [0.717, 1.165) is 0 Å². The maximum Gasteiger partial charge on any atom is 0.258 e. The molecular formula is C24H29Cl2N3O6. The number of halogens is 2. The van der Waals surface area contributed by atoms with Gasteiger partial charge in [0.1, 0.15) is 27.9 Å². The van der Waals surface area contributed by atoms with E-state index in [1.165, 1.54) is 6.92 Å². The van der Waals surface area contributed by atoms with Gasteiger partial charge in [0.25, 0.3) is 5.91 Å². The highest BCUT2D eigenvalue weighted by Crippen LogP contribution is 2.42. The number of hydrogen-bond acceptors (Lipinski definition) is 8. The summed E-state index contributed by atoms with van der Waals surface area (Å²) in [5, 5.41) is 11.0. The highest BCUT2D eigenvalue weighted by molar-refractivity contribution is 6.35. The number of nitrogens with one attached hydrogen (secondary N) is 1. The molecule has 35 heavy (non-hydrogen) atoms. The molecule has 0 heterocycles. The Morgan fingerprint density at radius 2 is 1.54 bits per heavy atom. The first-order valence-corrected chi connectivity index (χ1v) is 11.9. The maximum absolute atomic E-state index is 13.0. The number of nitrogens with zero attached hydrogens (tertiary/aromatic N) is 2. The molecule has 2 aromatic rings. The van der Waals surface area contributed by atoms with Crippen LogP contribution in [0.4, 0.5) is 11.4 Å². The fourth-order valence-electron chi connectivity index (χ4n) is 2.98. The minimum absolute atomic E-state index is 0.150. The molecule has 1 N–H and O–H groups in total. The lowest BCUT2D eigenvalue weighted by Crippen LogP contribution is -2.32. The molecule has 2 aromatic carbocycles. The number of carbonyl (C=O) groups excluding carboxylic acids is 2. The van der Waals surface area contributed by atoms with Crippen molar-refractivity contribution in [2.24, 2.45) is 10.2 Å². The number of azo groups is 1. The topological polar surface area (TPSA) is 108 Å². The van der Waals surface area contributed by atoms with Gasteiger partial charge in [-0.25, -0.2) is 0 Å². The smallest absolute Gasteiger partial charge is 0.258 e. The van der Waals surface area contributed by atoms with Gasteiger partial charge in [-0.3, -0.25) is 9.59 Å². The molecule has 0 aromatic heterocycles. The Kier molecular flexibility index (Phi) is 11.1. The lowest BCUT2D eigenvalue weighted by atomic mass is 10.2. The first kappa shape index (κ1) is 28.2. The minimum atomic E-state index is -1.45. The zero-order valence-corrected chi connectivity index (χ0v) is 21.8. The third-order valence-corrected chi connectivity index (χ3v) is 5.09.